The van der Waals surface area contributed by atoms with Crippen molar-refractivity contribution in [3.63, 3.8) is 0 Å². The molecule has 0 fully saturated rings. The molecule has 0 aliphatic carbocycles. The Morgan fingerprint density at radius 1 is 1.30 bits per heavy atom. The van der Waals surface area contributed by atoms with Gasteiger partial charge in [-0.15, -0.1) is 6.42 Å². The Hall–Kier alpha value is -2.48. The molecule has 1 aromatic carbocycles. The Morgan fingerprint density at radius 2 is 1.85 bits per heavy atom. The molecule has 1 aromatic rings. The van der Waals surface area contributed by atoms with E-state index in [1.165, 1.54) is 0 Å². The van der Waals surface area contributed by atoms with E-state index < -0.39 is 17.4 Å². The van der Waals surface area contributed by atoms with Gasteiger partial charge in [-0.3, -0.25) is 4.79 Å². The highest BCUT2D eigenvalue weighted by Gasteiger charge is 2.29. The normalized spacial score (nSPS) is 12.1. The van der Waals surface area contributed by atoms with E-state index in [4.69, 9.17) is 11.5 Å². The van der Waals surface area contributed by atoms with Crippen molar-refractivity contribution in [1.29, 1.82) is 0 Å². The molecule has 0 aromatic heterocycles. The predicted octanol–water partition coefficient (Wildman–Crippen LogP) is 2.19. The summed E-state index contributed by atoms with van der Waals surface area (Å²) in [5.74, 6) is 1.48. The molecule has 0 spiro atoms. The zero-order chi connectivity index (χ0) is 15.3. The van der Waals surface area contributed by atoms with Crippen molar-refractivity contribution in [3.8, 4) is 12.3 Å². The molecule has 1 rings (SSSR count). The van der Waals surface area contributed by atoms with Crippen LogP contribution in [0.3, 0.4) is 0 Å². The second-order valence-corrected chi connectivity index (χ2v) is 4.99. The summed E-state index contributed by atoms with van der Waals surface area (Å²) >= 11 is 0. The molecule has 5 nitrogen and oxygen atoms in total. The minimum absolute atomic E-state index is 0.361. The van der Waals surface area contributed by atoms with Gasteiger partial charge in [-0.2, -0.15) is 0 Å². The van der Waals surface area contributed by atoms with Gasteiger partial charge in [-0.1, -0.05) is 18.1 Å². The number of anilines is 1. The number of nitrogens with one attached hydrogen (secondary N) is 2. The largest absolute Gasteiger partial charge is 0.481 e. The van der Waals surface area contributed by atoms with Crippen molar-refractivity contribution in [2.75, 3.05) is 5.32 Å². The van der Waals surface area contributed by atoms with Crippen LogP contribution < -0.4 is 10.6 Å². The minimum Gasteiger partial charge on any atom is -0.481 e. The van der Waals surface area contributed by atoms with Gasteiger partial charge in [0.15, 0.2) is 0 Å². The van der Waals surface area contributed by atoms with Gasteiger partial charge in [0.05, 0.1) is 11.5 Å². The number of benzene rings is 1. The Morgan fingerprint density at radius 3 is 2.30 bits per heavy atom. The van der Waals surface area contributed by atoms with E-state index >= 15 is 0 Å². The van der Waals surface area contributed by atoms with Crippen molar-refractivity contribution in [3.05, 3.63) is 29.8 Å². The third-order valence-corrected chi connectivity index (χ3v) is 3.00. The van der Waals surface area contributed by atoms with Crippen LogP contribution in [-0.2, 0) is 10.2 Å². The van der Waals surface area contributed by atoms with Crippen molar-refractivity contribution in [2.24, 2.45) is 0 Å². The van der Waals surface area contributed by atoms with Crippen LogP contribution in [0.5, 0.6) is 0 Å². The first kappa shape index (κ1) is 15.6. The third kappa shape index (κ3) is 3.75. The summed E-state index contributed by atoms with van der Waals surface area (Å²) in [7, 11) is 0. The smallest absolute Gasteiger partial charge is 0.320 e. The summed E-state index contributed by atoms with van der Waals surface area (Å²) in [6.07, 6.45) is 5.16. The fraction of sp³-hybridized carbons (Fsp3) is 0.333. The molecular formula is C15H18N2O3. The SMILES string of the molecule is C#CC(C)NC(=O)Nc1ccc(C(C)(C)C(=O)O)cc1. The Labute approximate surface area is 118 Å². The molecule has 5 heteroatoms. The first-order chi connectivity index (χ1) is 9.27. The van der Waals surface area contributed by atoms with E-state index in [2.05, 4.69) is 16.6 Å². The van der Waals surface area contributed by atoms with Gasteiger partial charge < -0.3 is 15.7 Å². The Balaban J connectivity index is 2.76. The number of carboxylic acids is 1. The molecule has 1 unspecified atom stereocenters. The van der Waals surface area contributed by atoms with Gasteiger partial charge in [-0.05, 0) is 38.5 Å². The van der Waals surface area contributed by atoms with Gasteiger partial charge in [0.25, 0.3) is 0 Å². The molecule has 0 radical (unpaired) electrons. The fourth-order valence-electron chi connectivity index (χ4n) is 1.50. The zero-order valence-electron chi connectivity index (χ0n) is 11.7. The van der Waals surface area contributed by atoms with Crippen LogP contribution in [0.25, 0.3) is 0 Å². The molecular weight excluding hydrogens is 256 g/mol. The van der Waals surface area contributed by atoms with E-state index in [0.717, 1.165) is 0 Å². The summed E-state index contributed by atoms with van der Waals surface area (Å²) in [5.41, 5.74) is 0.253. The van der Waals surface area contributed by atoms with Gasteiger partial charge in [0, 0.05) is 5.69 Å². The van der Waals surface area contributed by atoms with Gasteiger partial charge in [0.2, 0.25) is 0 Å². The second kappa shape index (κ2) is 6.11. The lowest BCUT2D eigenvalue weighted by Gasteiger charge is -2.20. The summed E-state index contributed by atoms with van der Waals surface area (Å²) in [5, 5.41) is 14.3. The lowest BCUT2D eigenvalue weighted by molar-refractivity contribution is -0.142. The highest BCUT2D eigenvalue weighted by atomic mass is 16.4. The summed E-state index contributed by atoms with van der Waals surface area (Å²) in [6.45, 7) is 4.94. The average molecular weight is 274 g/mol. The zero-order valence-corrected chi connectivity index (χ0v) is 11.7. The number of rotatable bonds is 4. The maximum Gasteiger partial charge on any atom is 0.320 e. The number of carboxylic acid groups (broad SMARTS) is 1. The maximum atomic E-state index is 11.6. The Kier molecular flexibility index (Phi) is 4.76. The third-order valence-electron chi connectivity index (χ3n) is 3.00. The van der Waals surface area contributed by atoms with Gasteiger partial charge >= 0.3 is 12.0 Å². The molecule has 0 aliphatic rings. The molecule has 0 saturated carbocycles. The molecule has 0 heterocycles. The average Bonchev–Trinajstić information content (AvgIpc) is 2.38. The van der Waals surface area contributed by atoms with Crippen LogP contribution >= 0.6 is 0 Å². The van der Waals surface area contributed by atoms with Crippen LogP contribution in [0.1, 0.15) is 26.3 Å². The molecule has 3 N–H and O–H groups in total. The molecule has 0 aliphatic heterocycles. The molecule has 20 heavy (non-hydrogen) atoms. The number of amides is 2. The van der Waals surface area contributed by atoms with Crippen LogP contribution in [0.15, 0.2) is 24.3 Å². The van der Waals surface area contributed by atoms with E-state index in [0.29, 0.717) is 11.3 Å². The number of terminal acetylenes is 1. The van der Waals surface area contributed by atoms with Crippen LogP contribution in [0.2, 0.25) is 0 Å². The molecule has 0 bridgehead atoms. The Bertz CT molecular complexity index is 541. The molecule has 0 saturated heterocycles. The van der Waals surface area contributed by atoms with Gasteiger partial charge in [0.1, 0.15) is 0 Å². The van der Waals surface area contributed by atoms with Crippen molar-refractivity contribution >= 4 is 17.7 Å². The van der Waals surface area contributed by atoms with E-state index in [-0.39, 0.29) is 6.04 Å². The van der Waals surface area contributed by atoms with Crippen LogP contribution in [0.4, 0.5) is 10.5 Å². The highest BCUT2D eigenvalue weighted by molar-refractivity contribution is 5.89. The predicted molar refractivity (Wildman–Crippen MR) is 77.6 cm³/mol. The number of aliphatic carboxylic acids is 1. The minimum atomic E-state index is -0.973. The van der Waals surface area contributed by atoms with Crippen molar-refractivity contribution < 1.29 is 14.7 Å². The summed E-state index contributed by atoms with van der Waals surface area (Å²) in [6, 6.07) is 5.89. The second-order valence-electron chi connectivity index (χ2n) is 4.99. The van der Waals surface area contributed by atoms with Crippen LogP contribution in [-0.4, -0.2) is 23.1 Å². The van der Waals surface area contributed by atoms with Crippen molar-refractivity contribution in [1.82, 2.24) is 5.32 Å². The van der Waals surface area contributed by atoms with E-state index in [9.17, 15) is 9.59 Å². The number of carbonyl (C=O) groups excluding carboxylic acids is 1. The monoisotopic (exact) mass is 274 g/mol. The fourth-order valence-corrected chi connectivity index (χ4v) is 1.50. The topological polar surface area (TPSA) is 78.4 Å². The lowest BCUT2D eigenvalue weighted by atomic mass is 9.85. The van der Waals surface area contributed by atoms with E-state index in [1.54, 1.807) is 45.0 Å². The molecule has 106 valence electrons. The maximum absolute atomic E-state index is 11.6. The van der Waals surface area contributed by atoms with Crippen molar-refractivity contribution in [2.45, 2.75) is 32.2 Å². The highest BCUT2D eigenvalue weighted by Crippen LogP contribution is 2.24. The van der Waals surface area contributed by atoms with Gasteiger partial charge in [-0.25, -0.2) is 4.79 Å². The number of urea groups is 1. The number of carbonyl (C=O) groups is 2. The number of hydrogen-bond donors (Lipinski definition) is 3. The summed E-state index contributed by atoms with van der Waals surface area (Å²) in [4.78, 5) is 22.7. The van der Waals surface area contributed by atoms with Crippen LogP contribution in [0, 0.1) is 12.3 Å². The molecule has 1 atom stereocenters. The lowest BCUT2D eigenvalue weighted by Crippen LogP contribution is -2.35. The standard InChI is InChI=1S/C15H18N2O3/c1-5-10(2)16-14(20)17-12-8-6-11(7-9-12)15(3,4)13(18)19/h1,6-10H,2-4H3,(H,18,19)(H2,16,17,20). The molecule has 2 amide bonds. The van der Waals surface area contributed by atoms with E-state index in [1.807, 2.05) is 0 Å². The number of hydrogen-bond acceptors (Lipinski definition) is 2. The first-order valence-electron chi connectivity index (χ1n) is 6.15. The summed E-state index contributed by atoms with van der Waals surface area (Å²) < 4.78 is 0. The first-order valence-corrected chi connectivity index (χ1v) is 6.15. The quantitative estimate of drug-likeness (QED) is 0.736.